The Kier molecular flexibility index (Phi) is 4.97. The first kappa shape index (κ1) is 14.0. The van der Waals surface area contributed by atoms with Crippen LogP contribution >= 0.6 is 0 Å². The van der Waals surface area contributed by atoms with E-state index < -0.39 is 11.4 Å². The Morgan fingerprint density at radius 1 is 1.29 bits per heavy atom. The molecule has 4 nitrogen and oxygen atoms in total. The van der Waals surface area contributed by atoms with E-state index in [2.05, 4.69) is 5.32 Å². The van der Waals surface area contributed by atoms with Gasteiger partial charge in [0, 0.05) is 13.0 Å². The molecule has 1 amide bonds. The fourth-order valence-electron chi connectivity index (χ4n) is 2.07. The smallest absolute Gasteiger partial charge is 0.310 e. The quantitative estimate of drug-likeness (QED) is 0.684. The second-order valence-corrected chi connectivity index (χ2v) is 5.05. The van der Waals surface area contributed by atoms with Crippen molar-refractivity contribution in [1.29, 1.82) is 0 Å². The number of aliphatic carboxylic acids is 1. The molecule has 0 radical (unpaired) electrons. The van der Waals surface area contributed by atoms with Crippen LogP contribution in [0.15, 0.2) is 0 Å². The normalized spacial score (nSPS) is 15.6. The lowest BCUT2D eigenvalue weighted by Crippen LogP contribution is -2.37. The minimum atomic E-state index is -0.885. The van der Waals surface area contributed by atoms with Crippen LogP contribution in [0.4, 0.5) is 0 Å². The predicted octanol–water partition coefficient (Wildman–Crippen LogP) is 2.18. The van der Waals surface area contributed by atoms with Crippen molar-refractivity contribution in [2.24, 2.45) is 11.3 Å². The molecule has 0 spiro atoms. The third-order valence-corrected chi connectivity index (χ3v) is 3.88. The fourth-order valence-corrected chi connectivity index (χ4v) is 2.07. The van der Waals surface area contributed by atoms with Gasteiger partial charge in [-0.3, -0.25) is 9.59 Å². The number of carbonyl (C=O) groups excluding carboxylic acids is 1. The summed E-state index contributed by atoms with van der Waals surface area (Å²) in [5.74, 6) is -0.200. The Morgan fingerprint density at radius 2 is 1.88 bits per heavy atom. The average Bonchev–Trinajstić information content (AvgIpc) is 3.09. The molecule has 0 aromatic heterocycles. The van der Waals surface area contributed by atoms with Gasteiger partial charge in [-0.15, -0.1) is 0 Å². The summed E-state index contributed by atoms with van der Waals surface area (Å²) in [5.41, 5.74) is -0.885. The van der Waals surface area contributed by atoms with Crippen LogP contribution in [0, 0.1) is 11.3 Å². The van der Waals surface area contributed by atoms with Crippen LogP contribution < -0.4 is 5.32 Å². The van der Waals surface area contributed by atoms with Gasteiger partial charge < -0.3 is 10.4 Å². The van der Waals surface area contributed by atoms with Crippen molar-refractivity contribution in [3.63, 3.8) is 0 Å². The molecule has 4 heteroatoms. The Balaban J connectivity index is 2.36. The monoisotopic (exact) mass is 241 g/mol. The van der Waals surface area contributed by atoms with E-state index in [1.165, 1.54) is 12.8 Å². The van der Waals surface area contributed by atoms with Gasteiger partial charge in [0.05, 0.1) is 5.41 Å². The van der Waals surface area contributed by atoms with Gasteiger partial charge in [-0.1, -0.05) is 26.7 Å². The summed E-state index contributed by atoms with van der Waals surface area (Å²) in [6.07, 6.45) is 4.67. The van der Waals surface area contributed by atoms with Crippen LogP contribution in [0.5, 0.6) is 0 Å². The van der Waals surface area contributed by atoms with Gasteiger partial charge in [0.1, 0.15) is 0 Å². The number of carboxylic acids is 1. The van der Waals surface area contributed by atoms with E-state index in [4.69, 9.17) is 0 Å². The van der Waals surface area contributed by atoms with Crippen molar-refractivity contribution in [2.75, 3.05) is 6.54 Å². The van der Waals surface area contributed by atoms with E-state index in [-0.39, 0.29) is 12.3 Å². The summed E-state index contributed by atoms with van der Waals surface area (Å²) in [7, 11) is 0. The first-order valence-corrected chi connectivity index (χ1v) is 6.54. The van der Waals surface area contributed by atoms with E-state index >= 15 is 0 Å². The van der Waals surface area contributed by atoms with Gasteiger partial charge >= 0.3 is 5.97 Å². The molecule has 2 N–H and O–H groups in total. The minimum absolute atomic E-state index is 0.0972. The largest absolute Gasteiger partial charge is 0.481 e. The number of carbonyl (C=O) groups is 2. The predicted molar refractivity (Wildman–Crippen MR) is 65.6 cm³/mol. The Morgan fingerprint density at radius 3 is 2.29 bits per heavy atom. The maximum absolute atomic E-state index is 11.7. The van der Waals surface area contributed by atoms with E-state index in [0.29, 0.717) is 19.4 Å². The molecule has 0 bridgehead atoms. The molecule has 0 unspecified atom stereocenters. The summed E-state index contributed by atoms with van der Waals surface area (Å²) < 4.78 is 0. The van der Waals surface area contributed by atoms with Gasteiger partial charge in [-0.05, 0) is 25.2 Å². The van der Waals surface area contributed by atoms with Crippen LogP contribution in [0.2, 0.25) is 0 Å². The molecule has 0 aromatic carbocycles. The molecule has 0 atom stereocenters. The van der Waals surface area contributed by atoms with Crippen LogP contribution in [0.1, 0.15) is 52.4 Å². The minimum Gasteiger partial charge on any atom is -0.481 e. The topological polar surface area (TPSA) is 66.4 Å². The Bertz CT molecular complexity index is 280. The second-order valence-electron chi connectivity index (χ2n) is 5.05. The Hall–Kier alpha value is -1.06. The van der Waals surface area contributed by atoms with E-state index in [0.717, 1.165) is 12.3 Å². The van der Waals surface area contributed by atoms with E-state index in [1.54, 1.807) is 0 Å². The Labute approximate surface area is 103 Å². The molecule has 1 fully saturated rings. The highest BCUT2D eigenvalue weighted by Gasteiger charge is 2.37. The zero-order chi connectivity index (χ0) is 12.9. The molecule has 1 aliphatic carbocycles. The zero-order valence-corrected chi connectivity index (χ0v) is 10.8. The summed E-state index contributed by atoms with van der Waals surface area (Å²) in [6, 6.07) is 0. The SMILES string of the molecule is CCC(CC)(CC(=O)NCCC1CC1)C(=O)O. The number of rotatable bonds is 8. The number of amides is 1. The first-order chi connectivity index (χ1) is 8.04. The highest BCUT2D eigenvalue weighted by atomic mass is 16.4. The molecular formula is C13H23NO3. The summed E-state index contributed by atoms with van der Waals surface area (Å²) in [4.78, 5) is 22.9. The molecule has 0 aromatic rings. The van der Waals surface area contributed by atoms with Gasteiger partial charge in [-0.2, -0.15) is 0 Å². The second kappa shape index (κ2) is 6.03. The number of nitrogens with one attached hydrogen (secondary N) is 1. The third-order valence-electron chi connectivity index (χ3n) is 3.88. The maximum atomic E-state index is 11.7. The molecule has 98 valence electrons. The lowest BCUT2D eigenvalue weighted by Gasteiger charge is -2.25. The molecule has 17 heavy (non-hydrogen) atoms. The summed E-state index contributed by atoms with van der Waals surface area (Å²) >= 11 is 0. The van der Waals surface area contributed by atoms with Crippen LogP contribution in [-0.2, 0) is 9.59 Å². The molecule has 1 aliphatic rings. The lowest BCUT2D eigenvalue weighted by molar-refractivity contribution is -0.152. The highest BCUT2D eigenvalue weighted by molar-refractivity contribution is 5.84. The van der Waals surface area contributed by atoms with Crippen molar-refractivity contribution in [1.82, 2.24) is 5.32 Å². The maximum Gasteiger partial charge on any atom is 0.310 e. The third kappa shape index (κ3) is 4.02. The fraction of sp³-hybridized carbons (Fsp3) is 0.846. The van der Waals surface area contributed by atoms with Crippen molar-refractivity contribution in [3.05, 3.63) is 0 Å². The average molecular weight is 241 g/mol. The van der Waals surface area contributed by atoms with Crippen molar-refractivity contribution in [2.45, 2.75) is 52.4 Å². The lowest BCUT2D eigenvalue weighted by atomic mass is 9.79. The number of hydrogen-bond acceptors (Lipinski definition) is 2. The van der Waals surface area contributed by atoms with Crippen LogP contribution in [-0.4, -0.2) is 23.5 Å². The van der Waals surface area contributed by atoms with E-state index in [1.807, 2.05) is 13.8 Å². The molecule has 0 heterocycles. The molecular weight excluding hydrogens is 218 g/mol. The van der Waals surface area contributed by atoms with Crippen molar-refractivity contribution in [3.8, 4) is 0 Å². The van der Waals surface area contributed by atoms with Crippen LogP contribution in [0.3, 0.4) is 0 Å². The van der Waals surface area contributed by atoms with Gasteiger partial charge in [0.25, 0.3) is 0 Å². The number of hydrogen-bond donors (Lipinski definition) is 2. The highest BCUT2D eigenvalue weighted by Crippen LogP contribution is 2.32. The number of carboxylic acid groups (broad SMARTS) is 1. The standard InChI is InChI=1S/C13H23NO3/c1-3-13(4-2,12(16)17)9-11(15)14-8-7-10-5-6-10/h10H,3-9H2,1-2H3,(H,14,15)(H,16,17). The van der Waals surface area contributed by atoms with Gasteiger partial charge in [0.15, 0.2) is 0 Å². The summed E-state index contributed by atoms with van der Waals surface area (Å²) in [6.45, 7) is 4.34. The molecule has 1 rings (SSSR count). The van der Waals surface area contributed by atoms with Crippen LogP contribution in [0.25, 0.3) is 0 Å². The van der Waals surface area contributed by atoms with E-state index in [9.17, 15) is 14.7 Å². The zero-order valence-electron chi connectivity index (χ0n) is 10.8. The summed E-state index contributed by atoms with van der Waals surface area (Å²) in [5, 5.41) is 12.0. The van der Waals surface area contributed by atoms with Crippen molar-refractivity contribution < 1.29 is 14.7 Å². The molecule has 0 saturated heterocycles. The van der Waals surface area contributed by atoms with Gasteiger partial charge in [0.2, 0.25) is 5.91 Å². The van der Waals surface area contributed by atoms with Crippen molar-refractivity contribution >= 4 is 11.9 Å². The molecule has 0 aliphatic heterocycles. The molecule has 1 saturated carbocycles. The van der Waals surface area contributed by atoms with Gasteiger partial charge in [-0.25, -0.2) is 0 Å². The first-order valence-electron chi connectivity index (χ1n) is 6.54.